The van der Waals surface area contributed by atoms with Crippen molar-refractivity contribution in [3.63, 3.8) is 0 Å². The molecule has 146 valence electrons. The molecule has 1 unspecified atom stereocenters. The summed E-state index contributed by atoms with van der Waals surface area (Å²) in [6.45, 7) is -0.0447. The number of hydrogen-bond acceptors (Lipinski definition) is 4. The molecule has 2 amide bonds. The number of nitrogens with zero attached hydrogens (tertiary/aromatic N) is 2. The van der Waals surface area contributed by atoms with E-state index in [-0.39, 0.29) is 18.6 Å². The number of ether oxygens (including phenoxy) is 2. The number of hydrogen-bond donors (Lipinski definition) is 1. The molecule has 0 bridgehead atoms. The van der Waals surface area contributed by atoms with Crippen molar-refractivity contribution in [1.29, 1.82) is 0 Å². The number of halogens is 4. The van der Waals surface area contributed by atoms with Gasteiger partial charge in [-0.2, -0.15) is 10.1 Å². The highest BCUT2D eigenvalue weighted by atomic mass is 35.5. The molecule has 1 aliphatic heterocycles. The molecule has 2 aromatic rings. The number of nitrogens with one attached hydrogen (secondary N) is 1. The van der Waals surface area contributed by atoms with Crippen LogP contribution >= 0.6 is 11.6 Å². The maximum absolute atomic E-state index is 12.4. The SMILES string of the molecule is O=C(Nc1ccc(OC(F)(F)F)cc1)N1COC2Cc3cc(Cl)ccc3C2=N1. The highest BCUT2D eigenvalue weighted by Gasteiger charge is 2.35. The van der Waals surface area contributed by atoms with Crippen LogP contribution in [0, 0.1) is 0 Å². The quantitative estimate of drug-likeness (QED) is 0.797. The Morgan fingerprint density at radius 2 is 2.00 bits per heavy atom. The normalized spacial score (nSPS) is 18.2. The Balaban J connectivity index is 1.46. The smallest absolute Gasteiger partial charge is 0.406 e. The van der Waals surface area contributed by atoms with Crippen LogP contribution in [0.4, 0.5) is 23.7 Å². The largest absolute Gasteiger partial charge is 0.573 e. The molecule has 1 heterocycles. The van der Waals surface area contributed by atoms with Crippen LogP contribution in [0.2, 0.25) is 5.02 Å². The van der Waals surface area contributed by atoms with Gasteiger partial charge in [0.25, 0.3) is 0 Å². The lowest BCUT2D eigenvalue weighted by atomic mass is 10.1. The third-order valence-corrected chi connectivity index (χ3v) is 4.49. The summed E-state index contributed by atoms with van der Waals surface area (Å²) in [4.78, 5) is 12.4. The van der Waals surface area contributed by atoms with Crippen molar-refractivity contribution in [3.05, 3.63) is 58.6 Å². The third-order valence-electron chi connectivity index (χ3n) is 4.25. The molecule has 0 spiro atoms. The Kier molecular flexibility index (Phi) is 4.64. The standard InChI is InChI=1S/C18H13ClF3N3O3/c19-11-1-6-14-10(7-11)8-15-16(14)24-25(9-27-15)17(26)23-12-2-4-13(5-3-12)28-18(20,21)22/h1-7,15H,8-9H2,(H,23,26). The van der Waals surface area contributed by atoms with E-state index in [1.54, 1.807) is 6.07 Å². The summed E-state index contributed by atoms with van der Waals surface area (Å²) in [7, 11) is 0. The number of hydrazone groups is 1. The van der Waals surface area contributed by atoms with E-state index in [1.807, 2.05) is 12.1 Å². The monoisotopic (exact) mass is 411 g/mol. The minimum atomic E-state index is -4.77. The fourth-order valence-electron chi connectivity index (χ4n) is 3.06. The average molecular weight is 412 g/mol. The zero-order chi connectivity index (χ0) is 19.9. The summed E-state index contributed by atoms with van der Waals surface area (Å²) >= 11 is 6.01. The number of carbonyl (C=O) groups is 1. The summed E-state index contributed by atoms with van der Waals surface area (Å²) in [6, 6.07) is 9.66. The average Bonchev–Trinajstić information content (AvgIpc) is 2.98. The summed E-state index contributed by atoms with van der Waals surface area (Å²) in [5, 5.41) is 8.67. The molecular formula is C18H13ClF3N3O3. The van der Waals surface area contributed by atoms with Crippen LogP contribution in [0.5, 0.6) is 5.75 Å². The second-order valence-corrected chi connectivity index (χ2v) is 6.61. The Bertz CT molecular complexity index is 947. The van der Waals surface area contributed by atoms with E-state index in [9.17, 15) is 18.0 Å². The van der Waals surface area contributed by atoms with Gasteiger partial charge in [-0.25, -0.2) is 4.79 Å². The first-order chi connectivity index (χ1) is 13.3. The molecule has 0 radical (unpaired) electrons. The van der Waals surface area contributed by atoms with E-state index in [0.29, 0.717) is 22.8 Å². The third kappa shape index (κ3) is 3.90. The first-order valence-electron chi connectivity index (χ1n) is 8.22. The van der Waals surface area contributed by atoms with Gasteiger partial charge >= 0.3 is 12.4 Å². The molecule has 0 aromatic heterocycles. The number of urea groups is 1. The second-order valence-electron chi connectivity index (χ2n) is 6.18. The summed E-state index contributed by atoms with van der Waals surface area (Å²) in [6.07, 6.45) is -4.38. The number of anilines is 1. The second kappa shape index (κ2) is 6.99. The van der Waals surface area contributed by atoms with Crippen molar-refractivity contribution in [2.24, 2.45) is 5.10 Å². The molecule has 4 rings (SSSR count). The first-order valence-corrected chi connectivity index (χ1v) is 8.59. The predicted octanol–water partition coefficient (Wildman–Crippen LogP) is 4.39. The molecule has 1 N–H and O–H groups in total. The summed E-state index contributed by atoms with van der Waals surface area (Å²) in [5.41, 5.74) is 2.81. The molecule has 10 heteroatoms. The van der Waals surface area contributed by atoms with Crippen LogP contribution in [0.1, 0.15) is 11.1 Å². The molecule has 2 aromatic carbocycles. The Morgan fingerprint density at radius 1 is 1.25 bits per heavy atom. The van der Waals surface area contributed by atoms with Crippen LogP contribution in [-0.2, 0) is 11.2 Å². The number of fused-ring (bicyclic) bond motifs is 3. The van der Waals surface area contributed by atoms with E-state index in [2.05, 4.69) is 15.2 Å². The lowest BCUT2D eigenvalue weighted by molar-refractivity contribution is -0.274. The first kappa shape index (κ1) is 18.6. The molecule has 0 saturated heterocycles. The van der Waals surface area contributed by atoms with Gasteiger partial charge in [0.15, 0.2) is 0 Å². The number of rotatable bonds is 2. The molecule has 6 nitrogen and oxygen atoms in total. The van der Waals surface area contributed by atoms with Crippen molar-refractivity contribution < 1.29 is 27.4 Å². The topological polar surface area (TPSA) is 63.2 Å². The van der Waals surface area contributed by atoms with Gasteiger partial charge in [-0.3, -0.25) is 0 Å². The van der Waals surface area contributed by atoms with Crippen molar-refractivity contribution in [3.8, 4) is 5.75 Å². The van der Waals surface area contributed by atoms with E-state index in [0.717, 1.165) is 28.3 Å². The maximum atomic E-state index is 12.4. The number of carbonyl (C=O) groups excluding carboxylic acids is 1. The van der Waals surface area contributed by atoms with Gasteiger partial charge in [0.1, 0.15) is 18.6 Å². The van der Waals surface area contributed by atoms with Crippen LogP contribution in [0.3, 0.4) is 0 Å². The van der Waals surface area contributed by atoms with E-state index >= 15 is 0 Å². The predicted molar refractivity (Wildman–Crippen MR) is 95.4 cm³/mol. The summed E-state index contributed by atoms with van der Waals surface area (Å²) in [5.74, 6) is -0.379. The van der Waals surface area contributed by atoms with Gasteiger partial charge in [0.05, 0.1) is 5.71 Å². The Morgan fingerprint density at radius 3 is 2.71 bits per heavy atom. The highest BCUT2D eigenvalue weighted by Crippen LogP contribution is 2.30. The Labute approximate surface area is 162 Å². The minimum Gasteiger partial charge on any atom is -0.406 e. The van der Waals surface area contributed by atoms with Crippen LogP contribution in [0.15, 0.2) is 47.6 Å². The van der Waals surface area contributed by atoms with Gasteiger partial charge in [-0.05, 0) is 42.0 Å². The van der Waals surface area contributed by atoms with Crippen LogP contribution in [-0.4, -0.2) is 35.9 Å². The molecule has 1 atom stereocenters. The Hall–Kier alpha value is -2.78. The zero-order valence-corrected chi connectivity index (χ0v) is 14.9. The maximum Gasteiger partial charge on any atom is 0.573 e. The van der Waals surface area contributed by atoms with Gasteiger partial charge in [0.2, 0.25) is 0 Å². The zero-order valence-electron chi connectivity index (χ0n) is 14.2. The van der Waals surface area contributed by atoms with Gasteiger partial charge in [0, 0.05) is 22.7 Å². The van der Waals surface area contributed by atoms with Crippen molar-refractivity contribution in [2.45, 2.75) is 18.9 Å². The van der Waals surface area contributed by atoms with Crippen molar-refractivity contribution >= 4 is 29.0 Å². The highest BCUT2D eigenvalue weighted by molar-refractivity contribution is 6.31. The van der Waals surface area contributed by atoms with Crippen LogP contribution < -0.4 is 10.1 Å². The van der Waals surface area contributed by atoms with Crippen molar-refractivity contribution in [2.75, 3.05) is 12.0 Å². The molecule has 0 fully saturated rings. The van der Waals surface area contributed by atoms with Crippen molar-refractivity contribution in [1.82, 2.24) is 5.01 Å². The molecule has 28 heavy (non-hydrogen) atoms. The molecular weight excluding hydrogens is 399 g/mol. The number of benzene rings is 2. The van der Waals surface area contributed by atoms with E-state index < -0.39 is 12.4 Å². The molecule has 2 aliphatic rings. The lowest BCUT2D eigenvalue weighted by Crippen LogP contribution is -2.41. The fraction of sp³-hybridized carbons (Fsp3) is 0.222. The van der Waals surface area contributed by atoms with E-state index in [1.165, 1.54) is 12.1 Å². The van der Waals surface area contributed by atoms with E-state index in [4.69, 9.17) is 16.3 Å². The van der Waals surface area contributed by atoms with Gasteiger partial charge in [-0.1, -0.05) is 17.7 Å². The number of amides is 2. The number of alkyl halides is 3. The van der Waals surface area contributed by atoms with Gasteiger partial charge in [-0.15, -0.1) is 13.2 Å². The molecule has 0 saturated carbocycles. The minimum absolute atomic E-state index is 0.0447. The van der Waals surface area contributed by atoms with Gasteiger partial charge < -0.3 is 14.8 Å². The van der Waals surface area contributed by atoms with Crippen LogP contribution in [0.25, 0.3) is 0 Å². The molecule has 1 aliphatic carbocycles. The summed E-state index contributed by atoms with van der Waals surface area (Å²) < 4.78 is 46.1. The lowest BCUT2D eigenvalue weighted by Gasteiger charge is -2.26. The fourth-order valence-corrected chi connectivity index (χ4v) is 3.25.